The quantitative estimate of drug-likeness (QED) is 0.635. The monoisotopic (exact) mass is 349 g/mol. The van der Waals surface area contributed by atoms with E-state index in [1.54, 1.807) is 11.3 Å². The van der Waals surface area contributed by atoms with E-state index in [1.807, 2.05) is 46.7 Å². The Labute approximate surface area is 145 Å². The lowest BCUT2D eigenvalue weighted by molar-refractivity contribution is -0.191. The highest BCUT2D eigenvalue weighted by Crippen LogP contribution is 2.38. The highest BCUT2D eigenvalue weighted by Gasteiger charge is 2.53. The molecule has 0 aliphatic carbocycles. The number of aliphatic hydroxyl groups is 4. The number of likely N-dealkylation sites (tertiary alicyclic amines) is 1. The average molecular weight is 349 g/mol. The largest absolute Gasteiger partial charge is 0.394 e. The van der Waals surface area contributed by atoms with E-state index in [2.05, 4.69) is 5.38 Å². The van der Waals surface area contributed by atoms with Gasteiger partial charge in [-0.25, -0.2) is 0 Å². The molecule has 0 spiro atoms. The molecule has 5 nitrogen and oxygen atoms in total. The van der Waals surface area contributed by atoms with Crippen molar-refractivity contribution in [2.75, 3.05) is 19.7 Å². The van der Waals surface area contributed by atoms with Gasteiger partial charge in [0.1, 0.15) is 12.2 Å². The normalized spacial score (nSPS) is 31.2. The summed E-state index contributed by atoms with van der Waals surface area (Å²) in [5.74, 6) is 0. The summed E-state index contributed by atoms with van der Waals surface area (Å²) in [6.45, 7) is 0.413. The van der Waals surface area contributed by atoms with Gasteiger partial charge in [0.15, 0.2) is 0 Å². The predicted octanol–water partition coefficient (Wildman–Crippen LogP) is 0.577. The second kappa shape index (κ2) is 7.31. The van der Waals surface area contributed by atoms with Gasteiger partial charge < -0.3 is 20.4 Å². The van der Waals surface area contributed by atoms with Gasteiger partial charge in [-0.15, -0.1) is 0 Å². The second-order valence-electron chi connectivity index (χ2n) is 6.28. The minimum atomic E-state index is -1.30. The summed E-state index contributed by atoms with van der Waals surface area (Å²) in [7, 11) is 0. The summed E-state index contributed by atoms with van der Waals surface area (Å²) in [5.41, 5.74) is 0.780. The molecule has 0 saturated carbocycles. The lowest BCUT2D eigenvalue weighted by atomic mass is 9.76. The first-order valence-electron chi connectivity index (χ1n) is 8.06. The molecule has 4 N–H and O–H groups in total. The smallest absolute Gasteiger partial charge is 0.109 e. The molecular weight excluding hydrogens is 326 g/mol. The zero-order valence-electron chi connectivity index (χ0n) is 13.3. The van der Waals surface area contributed by atoms with Gasteiger partial charge in [-0.3, -0.25) is 4.90 Å². The Kier molecular flexibility index (Phi) is 5.34. The van der Waals surface area contributed by atoms with Crippen molar-refractivity contribution in [2.24, 2.45) is 0 Å². The first-order valence-corrected chi connectivity index (χ1v) is 9.00. The minimum Gasteiger partial charge on any atom is -0.394 e. The maximum atomic E-state index is 10.7. The molecule has 1 saturated heterocycles. The highest BCUT2D eigenvalue weighted by atomic mass is 32.1. The van der Waals surface area contributed by atoms with Crippen LogP contribution in [0.5, 0.6) is 0 Å². The first-order chi connectivity index (χ1) is 11.6. The molecule has 2 aromatic rings. The summed E-state index contributed by atoms with van der Waals surface area (Å²) in [6, 6.07) is 11.3. The molecule has 1 aliphatic heterocycles. The third-order valence-electron chi connectivity index (χ3n) is 4.94. The topological polar surface area (TPSA) is 84.2 Å². The molecule has 0 radical (unpaired) electrons. The third kappa shape index (κ3) is 3.01. The number of thiophene rings is 1. The molecule has 6 heteroatoms. The summed E-state index contributed by atoms with van der Waals surface area (Å²) < 4.78 is 0. The molecule has 24 heavy (non-hydrogen) atoms. The highest BCUT2D eigenvalue weighted by molar-refractivity contribution is 7.07. The van der Waals surface area contributed by atoms with Gasteiger partial charge >= 0.3 is 0 Å². The summed E-state index contributed by atoms with van der Waals surface area (Å²) >= 11 is 1.62. The number of rotatable bonds is 5. The fourth-order valence-corrected chi connectivity index (χ4v) is 4.23. The van der Waals surface area contributed by atoms with E-state index >= 15 is 0 Å². The van der Waals surface area contributed by atoms with Crippen LogP contribution in [0.15, 0.2) is 47.2 Å². The summed E-state index contributed by atoms with van der Waals surface area (Å²) in [6.07, 6.45) is -2.88. The SMILES string of the molecule is OC[C@]1(c2ccccc2)[C@@H](O)[C@H](O)[C@@H](O)CN1CCc1ccsc1. The number of β-amino-alcohol motifs (C(OH)–C–C–N with tert-alkyl or cyclic N) is 1. The van der Waals surface area contributed by atoms with Crippen molar-refractivity contribution in [1.82, 2.24) is 4.90 Å². The van der Waals surface area contributed by atoms with Crippen molar-refractivity contribution in [3.05, 3.63) is 58.3 Å². The summed E-state index contributed by atoms with van der Waals surface area (Å²) in [5, 5.41) is 45.3. The molecule has 130 valence electrons. The number of hydrogen-bond acceptors (Lipinski definition) is 6. The van der Waals surface area contributed by atoms with Crippen LogP contribution in [-0.2, 0) is 12.0 Å². The molecule has 3 rings (SSSR count). The third-order valence-corrected chi connectivity index (χ3v) is 5.68. The molecule has 0 bridgehead atoms. The Morgan fingerprint density at radius 2 is 1.88 bits per heavy atom. The van der Waals surface area contributed by atoms with E-state index in [-0.39, 0.29) is 13.2 Å². The van der Waals surface area contributed by atoms with Gasteiger partial charge in [0.25, 0.3) is 0 Å². The molecular formula is C18H23NO4S. The van der Waals surface area contributed by atoms with E-state index in [0.717, 1.165) is 12.0 Å². The van der Waals surface area contributed by atoms with Gasteiger partial charge in [0.2, 0.25) is 0 Å². The van der Waals surface area contributed by atoms with Crippen LogP contribution in [0.3, 0.4) is 0 Å². The van der Waals surface area contributed by atoms with Crippen molar-refractivity contribution >= 4 is 11.3 Å². The fraction of sp³-hybridized carbons (Fsp3) is 0.444. The van der Waals surface area contributed by atoms with Crippen LogP contribution in [-0.4, -0.2) is 63.3 Å². The number of piperidine rings is 1. The maximum absolute atomic E-state index is 10.7. The van der Waals surface area contributed by atoms with Crippen LogP contribution in [0.2, 0.25) is 0 Å². The van der Waals surface area contributed by atoms with Crippen molar-refractivity contribution in [3.63, 3.8) is 0 Å². The summed E-state index contributed by atoms with van der Waals surface area (Å²) in [4.78, 5) is 1.89. The Morgan fingerprint density at radius 3 is 2.50 bits per heavy atom. The Bertz CT molecular complexity index is 636. The van der Waals surface area contributed by atoms with Crippen LogP contribution in [0.25, 0.3) is 0 Å². The second-order valence-corrected chi connectivity index (χ2v) is 7.06. The zero-order chi connectivity index (χ0) is 17.2. The molecule has 0 amide bonds. The minimum absolute atomic E-state index is 0.192. The molecule has 1 aromatic heterocycles. The zero-order valence-corrected chi connectivity index (χ0v) is 14.1. The van der Waals surface area contributed by atoms with Gasteiger partial charge in [-0.05, 0) is 34.4 Å². The van der Waals surface area contributed by atoms with Crippen molar-refractivity contribution in [3.8, 4) is 0 Å². The molecule has 2 heterocycles. The van der Waals surface area contributed by atoms with Gasteiger partial charge in [-0.2, -0.15) is 11.3 Å². The molecule has 1 aromatic carbocycles. The van der Waals surface area contributed by atoms with E-state index in [1.165, 1.54) is 5.56 Å². The van der Waals surface area contributed by atoms with Crippen LogP contribution in [0.1, 0.15) is 11.1 Å². The average Bonchev–Trinajstić information content (AvgIpc) is 3.13. The van der Waals surface area contributed by atoms with Gasteiger partial charge in [0.05, 0.1) is 18.2 Å². The van der Waals surface area contributed by atoms with Crippen LogP contribution >= 0.6 is 11.3 Å². The lowest BCUT2D eigenvalue weighted by Crippen LogP contribution is -2.69. The number of nitrogens with zero attached hydrogens (tertiary/aromatic N) is 1. The molecule has 1 aliphatic rings. The predicted molar refractivity (Wildman–Crippen MR) is 92.8 cm³/mol. The Morgan fingerprint density at radius 1 is 1.12 bits per heavy atom. The lowest BCUT2D eigenvalue weighted by Gasteiger charge is -2.52. The van der Waals surface area contributed by atoms with Gasteiger partial charge in [0, 0.05) is 13.1 Å². The van der Waals surface area contributed by atoms with E-state index in [4.69, 9.17) is 0 Å². The molecule has 0 unspecified atom stereocenters. The molecule has 1 fully saturated rings. The molecule has 4 atom stereocenters. The van der Waals surface area contributed by atoms with Gasteiger partial charge in [-0.1, -0.05) is 30.3 Å². The maximum Gasteiger partial charge on any atom is 0.109 e. The van der Waals surface area contributed by atoms with E-state index in [9.17, 15) is 20.4 Å². The first kappa shape index (κ1) is 17.5. The van der Waals surface area contributed by atoms with Crippen molar-refractivity contribution < 1.29 is 20.4 Å². The van der Waals surface area contributed by atoms with Crippen molar-refractivity contribution in [1.29, 1.82) is 0 Å². The Hall–Kier alpha value is -1.28. The van der Waals surface area contributed by atoms with Crippen LogP contribution in [0, 0.1) is 0 Å². The van der Waals surface area contributed by atoms with Crippen LogP contribution in [0.4, 0.5) is 0 Å². The standard InChI is InChI=1S/C18H23NO4S/c20-12-18(14-4-2-1-3-5-14)17(23)16(22)15(21)10-19(18)8-6-13-7-9-24-11-13/h1-5,7,9,11,15-17,20-23H,6,8,10,12H2/t15-,16+,17-,18-/m0/s1. The number of benzene rings is 1. The van der Waals surface area contributed by atoms with E-state index in [0.29, 0.717) is 6.54 Å². The van der Waals surface area contributed by atoms with Crippen LogP contribution < -0.4 is 0 Å². The number of hydrogen-bond donors (Lipinski definition) is 4. The number of aliphatic hydroxyl groups excluding tert-OH is 4. The fourth-order valence-electron chi connectivity index (χ4n) is 3.53. The Balaban J connectivity index is 1.95. The van der Waals surface area contributed by atoms with Crippen molar-refractivity contribution in [2.45, 2.75) is 30.3 Å². The van der Waals surface area contributed by atoms with E-state index < -0.39 is 23.9 Å².